The molecule has 3 aromatic carbocycles. The Morgan fingerprint density at radius 1 is 0.860 bits per heavy atom. The van der Waals surface area contributed by atoms with E-state index in [9.17, 15) is 14.4 Å². The van der Waals surface area contributed by atoms with Crippen molar-refractivity contribution in [2.45, 2.75) is 24.8 Å². The van der Waals surface area contributed by atoms with Crippen LogP contribution in [0.2, 0.25) is 0 Å². The molecule has 4 rings (SSSR count). The van der Waals surface area contributed by atoms with Crippen molar-refractivity contribution in [2.24, 2.45) is 0 Å². The number of ether oxygens (including phenoxy) is 1. The highest BCUT2D eigenvalue weighted by atomic mass is 31.1. The maximum absolute atomic E-state index is 13.1. The van der Waals surface area contributed by atoms with E-state index in [1.807, 2.05) is 54.6 Å². The van der Waals surface area contributed by atoms with Gasteiger partial charge < -0.3 is 20.7 Å². The molecule has 1 aliphatic carbocycles. The first-order valence-corrected chi connectivity index (χ1v) is 16.7. The van der Waals surface area contributed by atoms with Gasteiger partial charge >= 0.3 is 6.09 Å². The molecule has 2 atom stereocenters. The van der Waals surface area contributed by atoms with Crippen LogP contribution in [-0.2, 0) is 30.5 Å². The van der Waals surface area contributed by atoms with Crippen molar-refractivity contribution >= 4 is 25.8 Å². The third-order valence-electron chi connectivity index (χ3n) is 7.37. The van der Waals surface area contributed by atoms with Crippen molar-refractivity contribution in [2.75, 3.05) is 52.4 Å². The molecule has 2 unspecified atom stereocenters. The lowest BCUT2D eigenvalue weighted by Gasteiger charge is -2.20. The zero-order chi connectivity index (χ0) is 30.4. The van der Waals surface area contributed by atoms with Crippen LogP contribution < -0.4 is 16.0 Å². The van der Waals surface area contributed by atoms with Gasteiger partial charge in [0.15, 0.2) is 0 Å². The zero-order valence-corrected chi connectivity index (χ0v) is 25.6. The van der Waals surface area contributed by atoms with Gasteiger partial charge in [0.2, 0.25) is 11.8 Å². The minimum absolute atomic E-state index is 0.0915. The van der Waals surface area contributed by atoms with Gasteiger partial charge in [-0.2, -0.15) is 0 Å². The molecule has 9 nitrogen and oxygen atoms in total. The normalized spacial score (nSPS) is 13.3. The molecule has 3 aromatic rings. The molecule has 43 heavy (non-hydrogen) atoms. The Morgan fingerprint density at radius 3 is 2.19 bits per heavy atom. The maximum Gasteiger partial charge on any atom is 0.407 e. The Balaban J connectivity index is 1.28. The quantitative estimate of drug-likeness (QED) is 0.0963. The number of hydrogen-bond acceptors (Lipinski definition) is 6. The molecule has 0 aromatic heterocycles. The van der Waals surface area contributed by atoms with Crippen LogP contribution >= 0.6 is 7.92 Å². The minimum Gasteiger partial charge on any atom is -0.449 e. The number of benzene rings is 3. The Labute approximate surface area is 254 Å². The van der Waals surface area contributed by atoms with E-state index in [2.05, 4.69) is 51.8 Å². The number of carbonyl (C=O) groups excluding carboxylic acids is 3. The lowest BCUT2D eigenvalue weighted by atomic mass is 9.98. The smallest absolute Gasteiger partial charge is 0.407 e. The molecule has 0 spiro atoms. The van der Waals surface area contributed by atoms with Gasteiger partial charge in [-0.1, -0.05) is 78.9 Å². The average molecular weight is 606 g/mol. The molecule has 3 N–H and O–H groups in total. The van der Waals surface area contributed by atoms with Crippen LogP contribution in [0.15, 0.2) is 78.9 Å². The molecule has 0 heterocycles. The number of rotatable bonds is 16. The van der Waals surface area contributed by atoms with E-state index < -0.39 is 18.0 Å². The van der Waals surface area contributed by atoms with Gasteiger partial charge in [-0.3, -0.25) is 9.59 Å². The van der Waals surface area contributed by atoms with Crippen molar-refractivity contribution in [1.29, 1.82) is 0 Å². The highest BCUT2D eigenvalue weighted by molar-refractivity contribution is 7.56. The zero-order valence-electron chi connectivity index (χ0n) is 24.7. The Bertz CT molecular complexity index is 1310. The summed E-state index contributed by atoms with van der Waals surface area (Å²) in [5, 5.41) is 8.24. The molecule has 10 heteroatoms. The number of amides is 3. The summed E-state index contributed by atoms with van der Waals surface area (Å²) >= 11 is 0. The topological polar surface area (TPSA) is 115 Å². The maximum atomic E-state index is 13.1. The second-order valence-corrected chi connectivity index (χ2v) is 13.0. The first kappa shape index (κ1) is 32.1. The van der Waals surface area contributed by atoms with E-state index in [0.29, 0.717) is 13.2 Å². The molecule has 0 saturated carbocycles. The second-order valence-electron chi connectivity index (χ2n) is 10.4. The highest BCUT2D eigenvalue weighted by Crippen LogP contribution is 2.44. The summed E-state index contributed by atoms with van der Waals surface area (Å²) in [6.07, 6.45) is 2.35. The standard InChI is InChI=1S/C33H40N3O6P/c1-40-42-18-20-43(2)19-10-17-34-31(37)22-35-32(38)30(21-24-11-4-3-5-12-24)36-33(39)41-23-29-27-15-8-6-13-25(27)26-14-7-9-16-28(26)29/h3-9,11-16,29-30H,10,17-23H2,1-2H3,(H,34,37)(H,35,38)(H,36,39). The van der Waals surface area contributed by atoms with Crippen LogP contribution in [0.4, 0.5) is 4.79 Å². The van der Waals surface area contributed by atoms with Gasteiger partial charge in [0.25, 0.3) is 0 Å². The van der Waals surface area contributed by atoms with Gasteiger partial charge in [-0.05, 0) is 53.2 Å². The van der Waals surface area contributed by atoms with Crippen molar-refractivity contribution in [1.82, 2.24) is 16.0 Å². The second kappa shape index (κ2) is 16.8. The van der Waals surface area contributed by atoms with Gasteiger partial charge in [-0.15, -0.1) is 7.92 Å². The summed E-state index contributed by atoms with van der Waals surface area (Å²) in [6, 6.07) is 24.7. The van der Waals surface area contributed by atoms with Gasteiger partial charge in [0.05, 0.1) is 20.3 Å². The molecule has 0 bridgehead atoms. The molecular weight excluding hydrogens is 565 g/mol. The Kier molecular flexibility index (Phi) is 12.5. The minimum atomic E-state index is -0.913. The molecule has 1 aliphatic rings. The van der Waals surface area contributed by atoms with Gasteiger partial charge in [0.1, 0.15) is 12.6 Å². The number of carbonyl (C=O) groups is 3. The molecule has 0 radical (unpaired) electrons. The predicted octanol–water partition coefficient (Wildman–Crippen LogP) is 4.45. The average Bonchev–Trinajstić information content (AvgIpc) is 3.35. The Hall–Kier alpha value is -3.78. The molecule has 3 amide bonds. The fraction of sp³-hybridized carbons (Fsp3) is 0.364. The van der Waals surface area contributed by atoms with Crippen LogP contribution in [0.3, 0.4) is 0 Å². The van der Waals surface area contributed by atoms with Crippen molar-refractivity contribution in [3.05, 3.63) is 95.6 Å². The summed E-state index contributed by atoms with van der Waals surface area (Å²) in [5.74, 6) is -0.829. The number of alkyl carbamates (subject to hydrolysis) is 1. The Morgan fingerprint density at radius 2 is 1.51 bits per heavy atom. The summed E-state index contributed by atoms with van der Waals surface area (Å²) in [5.41, 5.74) is 5.37. The predicted molar refractivity (Wildman–Crippen MR) is 168 cm³/mol. The van der Waals surface area contributed by atoms with E-state index in [1.54, 1.807) is 0 Å². The third kappa shape index (κ3) is 9.61. The highest BCUT2D eigenvalue weighted by Gasteiger charge is 2.30. The van der Waals surface area contributed by atoms with Crippen LogP contribution in [0.1, 0.15) is 29.0 Å². The van der Waals surface area contributed by atoms with E-state index >= 15 is 0 Å². The van der Waals surface area contributed by atoms with E-state index in [0.717, 1.165) is 46.6 Å². The number of hydrogen-bond donors (Lipinski definition) is 3. The fourth-order valence-corrected chi connectivity index (χ4v) is 6.47. The summed E-state index contributed by atoms with van der Waals surface area (Å²) in [7, 11) is 1.30. The van der Waals surface area contributed by atoms with E-state index in [-0.39, 0.29) is 39.3 Å². The summed E-state index contributed by atoms with van der Waals surface area (Å²) in [6.45, 7) is 3.23. The lowest BCUT2D eigenvalue weighted by Crippen LogP contribution is -2.50. The van der Waals surface area contributed by atoms with Crippen molar-refractivity contribution in [3.63, 3.8) is 0 Å². The third-order valence-corrected chi connectivity index (χ3v) is 9.40. The first-order valence-electron chi connectivity index (χ1n) is 14.5. The monoisotopic (exact) mass is 605 g/mol. The lowest BCUT2D eigenvalue weighted by molar-refractivity contribution is -0.267. The SMILES string of the molecule is COOCCP(C)CCCNC(=O)CNC(=O)C(Cc1ccccc1)NC(=O)OCC1c2ccccc2-c2ccccc21. The molecule has 0 saturated heterocycles. The van der Waals surface area contributed by atoms with E-state index in [4.69, 9.17) is 9.62 Å². The largest absolute Gasteiger partial charge is 0.449 e. The van der Waals surface area contributed by atoms with Gasteiger partial charge in [-0.25, -0.2) is 14.6 Å². The van der Waals surface area contributed by atoms with Gasteiger partial charge in [0, 0.05) is 18.9 Å². The van der Waals surface area contributed by atoms with Crippen LogP contribution in [-0.4, -0.2) is 76.4 Å². The van der Waals surface area contributed by atoms with Crippen molar-refractivity contribution < 1.29 is 28.9 Å². The summed E-state index contributed by atoms with van der Waals surface area (Å²) in [4.78, 5) is 48.0. The van der Waals surface area contributed by atoms with Crippen LogP contribution in [0.25, 0.3) is 11.1 Å². The van der Waals surface area contributed by atoms with E-state index in [1.165, 1.54) is 7.11 Å². The number of nitrogens with one attached hydrogen (secondary N) is 3. The van der Waals surface area contributed by atoms with Crippen LogP contribution in [0, 0.1) is 0 Å². The molecule has 0 fully saturated rings. The molecular formula is C33H40N3O6P. The molecule has 0 aliphatic heterocycles. The fourth-order valence-electron chi connectivity index (χ4n) is 5.16. The summed E-state index contributed by atoms with van der Waals surface area (Å²) < 4.78 is 5.68. The van der Waals surface area contributed by atoms with Crippen molar-refractivity contribution in [3.8, 4) is 11.1 Å². The first-order chi connectivity index (χ1) is 21.0. The van der Waals surface area contributed by atoms with Crippen LogP contribution in [0.5, 0.6) is 0 Å². The number of fused-ring (bicyclic) bond motifs is 3. The molecule has 228 valence electrons.